The van der Waals surface area contributed by atoms with Gasteiger partial charge in [-0.2, -0.15) is 5.10 Å². The molecule has 0 saturated carbocycles. The lowest BCUT2D eigenvalue weighted by Gasteiger charge is -2.31. The van der Waals surface area contributed by atoms with Crippen LogP contribution < -0.4 is 14.8 Å². The van der Waals surface area contributed by atoms with Crippen LogP contribution in [0.1, 0.15) is 6.92 Å². The molecule has 1 aliphatic rings. The van der Waals surface area contributed by atoms with Gasteiger partial charge in [0.1, 0.15) is 6.10 Å². The van der Waals surface area contributed by atoms with Crippen molar-refractivity contribution in [2.75, 3.05) is 5.32 Å². The van der Waals surface area contributed by atoms with Gasteiger partial charge in [-0.25, -0.2) is 0 Å². The summed E-state index contributed by atoms with van der Waals surface area (Å²) in [5, 5.41) is 10.6. The fourth-order valence-electron chi connectivity index (χ4n) is 2.64. The number of para-hydroxylation sites is 2. The Morgan fingerprint density at radius 3 is 2.78 bits per heavy atom. The lowest BCUT2D eigenvalue weighted by molar-refractivity contribution is -0.128. The highest BCUT2D eigenvalue weighted by Crippen LogP contribution is 2.33. The Kier molecular flexibility index (Phi) is 3.15. The van der Waals surface area contributed by atoms with E-state index in [1.54, 1.807) is 12.3 Å². The van der Waals surface area contributed by atoms with E-state index in [9.17, 15) is 4.79 Å². The van der Waals surface area contributed by atoms with Crippen LogP contribution in [0.2, 0.25) is 0 Å². The number of aromatic nitrogens is 2. The van der Waals surface area contributed by atoms with Gasteiger partial charge in [0.15, 0.2) is 11.5 Å². The summed E-state index contributed by atoms with van der Waals surface area (Å²) in [5.74, 6) is 0.995. The van der Waals surface area contributed by atoms with E-state index in [2.05, 4.69) is 15.5 Å². The minimum Gasteiger partial charge on any atom is -0.482 e. The van der Waals surface area contributed by atoms with Crippen molar-refractivity contribution in [1.29, 1.82) is 0 Å². The standard InChI is InChI=1S/C17H15N3O3/c1-10-16(23-15-5-3-2-4-14(15)22-10)17(21)19-12-6-7-13-11(8-12)9-18-20-13/h2-10,16H,1H3,(H,18,20)(H,19,21)/t10-,16+/m1/s1. The molecule has 2 atom stereocenters. The molecule has 6 nitrogen and oxygen atoms in total. The fraction of sp³-hybridized carbons (Fsp3) is 0.176. The zero-order chi connectivity index (χ0) is 15.8. The second-order valence-corrected chi connectivity index (χ2v) is 5.47. The molecule has 2 heterocycles. The molecule has 23 heavy (non-hydrogen) atoms. The number of nitrogens with zero attached hydrogens (tertiary/aromatic N) is 1. The predicted molar refractivity (Wildman–Crippen MR) is 85.7 cm³/mol. The first kappa shape index (κ1) is 13.6. The van der Waals surface area contributed by atoms with Gasteiger partial charge in [-0.15, -0.1) is 0 Å². The van der Waals surface area contributed by atoms with Crippen LogP contribution in [0.25, 0.3) is 10.9 Å². The summed E-state index contributed by atoms with van der Waals surface area (Å²) < 4.78 is 11.6. The van der Waals surface area contributed by atoms with E-state index in [-0.39, 0.29) is 12.0 Å². The first-order chi connectivity index (χ1) is 11.2. The van der Waals surface area contributed by atoms with Crippen molar-refractivity contribution in [3.8, 4) is 11.5 Å². The number of hydrogen-bond donors (Lipinski definition) is 2. The zero-order valence-electron chi connectivity index (χ0n) is 12.4. The Morgan fingerprint density at radius 1 is 1.17 bits per heavy atom. The monoisotopic (exact) mass is 309 g/mol. The maximum Gasteiger partial charge on any atom is 0.269 e. The maximum absolute atomic E-state index is 12.5. The molecule has 1 amide bonds. The molecule has 0 spiro atoms. The van der Waals surface area contributed by atoms with Gasteiger partial charge in [0, 0.05) is 11.1 Å². The van der Waals surface area contributed by atoms with Crippen LogP contribution in [0, 0.1) is 0 Å². The highest BCUT2D eigenvalue weighted by Gasteiger charge is 2.34. The Morgan fingerprint density at radius 2 is 1.96 bits per heavy atom. The fourth-order valence-corrected chi connectivity index (χ4v) is 2.64. The summed E-state index contributed by atoms with van der Waals surface area (Å²) >= 11 is 0. The third-order valence-corrected chi connectivity index (χ3v) is 3.81. The number of nitrogens with one attached hydrogen (secondary N) is 2. The summed E-state index contributed by atoms with van der Waals surface area (Å²) in [5.41, 5.74) is 1.61. The van der Waals surface area contributed by atoms with Gasteiger partial charge in [0.2, 0.25) is 6.10 Å². The Bertz CT molecular complexity index is 874. The molecule has 0 aliphatic carbocycles. The average molecular weight is 309 g/mol. The molecule has 3 aromatic rings. The van der Waals surface area contributed by atoms with Gasteiger partial charge in [-0.1, -0.05) is 12.1 Å². The molecular formula is C17H15N3O3. The van der Waals surface area contributed by atoms with Crippen molar-refractivity contribution in [1.82, 2.24) is 10.2 Å². The zero-order valence-corrected chi connectivity index (χ0v) is 12.4. The lowest BCUT2D eigenvalue weighted by atomic mass is 10.1. The van der Waals surface area contributed by atoms with Gasteiger partial charge in [0.05, 0.1) is 11.7 Å². The minimum atomic E-state index is -0.704. The molecule has 116 valence electrons. The van der Waals surface area contributed by atoms with Crippen LogP contribution in [-0.2, 0) is 4.79 Å². The van der Waals surface area contributed by atoms with E-state index in [1.807, 2.05) is 43.3 Å². The molecule has 1 aromatic heterocycles. The molecule has 0 bridgehead atoms. The number of amides is 1. The van der Waals surface area contributed by atoms with Crippen LogP contribution in [-0.4, -0.2) is 28.3 Å². The molecule has 1 aliphatic heterocycles. The molecular weight excluding hydrogens is 294 g/mol. The van der Waals surface area contributed by atoms with Crippen LogP contribution in [0.15, 0.2) is 48.7 Å². The molecule has 2 aromatic carbocycles. The molecule has 4 rings (SSSR count). The number of H-pyrrole nitrogens is 1. The molecule has 0 unspecified atom stereocenters. The highest BCUT2D eigenvalue weighted by molar-refractivity contribution is 5.97. The Balaban J connectivity index is 1.54. The number of hydrogen-bond acceptors (Lipinski definition) is 4. The normalized spacial score (nSPS) is 19.5. The minimum absolute atomic E-state index is 0.241. The van der Waals surface area contributed by atoms with Crippen molar-refractivity contribution in [2.24, 2.45) is 0 Å². The number of carbonyl (C=O) groups is 1. The van der Waals surface area contributed by atoms with Crippen LogP contribution in [0.4, 0.5) is 5.69 Å². The van der Waals surface area contributed by atoms with E-state index >= 15 is 0 Å². The van der Waals surface area contributed by atoms with Crippen molar-refractivity contribution in [3.63, 3.8) is 0 Å². The summed E-state index contributed by atoms with van der Waals surface area (Å²) in [4.78, 5) is 12.5. The number of rotatable bonds is 2. The van der Waals surface area contributed by atoms with E-state index in [0.29, 0.717) is 17.2 Å². The van der Waals surface area contributed by atoms with E-state index < -0.39 is 6.10 Å². The smallest absolute Gasteiger partial charge is 0.269 e. The number of benzene rings is 2. The number of ether oxygens (including phenoxy) is 2. The van der Waals surface area contributed by atoms with Gasteiger partial charge >= 0.3 is 0 Å². The van der Waals surface area contributed by atoms with Gasteiger partial charge in [0.25, 0.3) is 5.91 Å². The second kappa shape index (κ2) is 5.31. The third-order valence-electron chi connectivity index (χ3n) is 3.81. The van der Waals surface area contributed by atoms with Gasteiger partial charge in [-0.3, -0.25) is 9.89 Å². The molecule has 0 fully saturated rings. The van der Waals surface area contributed by atoms with Crippen LogP contribution in [0.3, 0.4) is 0 Å². The maximum atomic E-state index is 12.5. The number of fused-ring (bicyclic) bond motifs is 2. The summed E-state index contributed by atoms with van der Waals surface area (Å²) in [7, 11) is 0. The Labute approximate surface area is 132 Å². The SMILES string of the molecule is C[C@H]1Oc2ccccc2O[C@@H]1C(=O)Nc1ccc2[nH]ncc2c1. The molecule has 0 saturated heterocycles. The van der Waals surface area contributed by atoms with E-state index in [4.69, 9.17) is 9.47 Å². The van der Waals surface area contributed by atoms with Crippen LogP contribution >= 0.6 is 0 Å². The first-order valence-electron chi connectivity index (χ1n) is 7.37. The quantitative estimate of drug-likeness (QED) is 0.763. The molecule has 0 radical (unpaired) electrons. The topological polar surface area (TPSA) is 76.2 Å². The van der Waals surface area contributed by atoms with Crippen molar-refractivity contribution in [2.45, 2.75) is 19.1 Å². The largest absolute Gasteiger partial charge is 0.482 e. The lowest BCUT2D eigenvalue weighted by Crippen LogP contribution is -2.46. The third kappa shape index (κ3) is 2.48. The van der Waals surface area contributed by atoms with E-state index in [0.717, 1.165) is 10.9 Å². The number of aromatic amines is 1. The predicted octanol–water partition coefficient (Wildman–Crippen LogP) is 2.73. The number of carbonyl (C=O) groups excluding carboxylic acids is 1. The van der Waals surface area contributed by atoms with Gasteiger partial charge < -0.3 is 14.8 Å². The molecule has 6 heteroatoms. The summed E-state index contributed by atoms with van der Waals surface area (Å²) in [6, 6.07) is 12.9. The number of anilines is 1. The average Bonchev–Trinajstić information content (AvgIpc) is 3.01. The van der Waals surface area contributed by atoms with Crippen molar-refractivity contribution < 1.29 is 14.3 Å². The summed E-state index contributed by atoms with van der Waals surface area (Å²) in [6.07, 6.45) is 0.636. The van der Waals surface area contributed by atoms with Crippen LogP contribution in [0.5, 0.6) is 11.5 Å². The van der Waals surface area contributed by atoms with Gasteiger partial charge in [-0.05, 0) is 37.3 Å². The van der Waals surface area contributed by atoms with Crippen molar-refractivity contribution in [3.05, 3.63) is 48.7 Å². The second-order valence-electron chi connectivity index (χ2n) is 5.47. The molecule has 2 N–H and O–H groups in total. The van der Waals surface area contributed by atoms with E-state index in [1.165, 1.54) is 0 Å². The summed E-state index contributed by atoms with van der Waals surface area (Å²) in [6.45, 7) is 1.82. The highest BCUT2D eigenvalue weighted by atomic mass is 16.6. The Hall–Kier alpha value is -3.02. The van der Waals surface area contributed by atoms with Crippen molar-refractivity contribution >= 4 is 22.5 Å². The first-order valence-corrected chi connectivity index (χ1v) is 7.37.